The number of carboxylic acid groups (broad SMARTS) is 1. The van der Waals surface area contributed by atoms with Gasteiger partial charge in [-0.1, -0.05) is 25.4 Å². The van der Waals surface area contributed by atoms with E-state index in [1.54, 1.807) is 13.8 Å². The van der Waals surface area contributed by atoms with Crippen LogP contribution in [0.25, 0.3) is 0 Å². The molecule has 2 aromatic rings. The monoisotopic (exact) mass is 433 g/mol. The van der Waals surface area contributed by atoms with Crippen molar-refractivity contribution in [2.45, 2.75) is 19.9 Å². The number of phenols is 3. The number of amides is 1. The van der Waals surface area contributed by atoms with E-state index < -0.39 is 68.8 Å². The zero-order chi connectivity index (χ0) is 22.5. The van der Waals surface area contributed by atoms with Gasteiger partial charge in [0.2, 0.25) is 5.78 Å². The first-order valence-electron chi connectivity index (χ1n) is 8.70. The lowest BCUT2D eigenvalue weighted by molar-refractivity contribution is -0.140. The Bertz CT molecular complexity index is 1140. The van der Waals surface area contributed by atoms with Crippen LogP contribution in [0.1, 0.15) is 56.0 Å². The van der Waals surface area contributed by atoms with Crippen molar-refractivity contribution in [3.8, 4) is 17.2 Å². The number of carboxylic acids is 1. The fraction of sp³-hybridized carbons (Fsp3) is 0.200. The zero-order valence-electron chi connectivity index (χ0n) is 15.7. The number of hydrogen-bond donors (Lipinski definition) is 5. The van der Waals surface area contributed by atoms with Crippen LogP contribution in [0.4, 0.5) is 0 Å². The maximum atomic E-state index is 12.9. The summed E-state index contributed by atoms with van der Waals surface area (Å²) in [7, 11) is 0. The number of halogens is 1. The van der Waals surface area contributed by atoms with Crippen LogP contribution < -0.4 is 5.32 Å². The summed E-state index contributed by atoms with van der Waals surface area (Å²) in [5, 5.41) is 41.2. The standard InChI is InChI=1S/C20H16ClNO8/c1-6(2)15(20(29)30)22-19(28)7-3-8-12(10(23)4-7)17(26)13-9(16(8)25)5-11(24)14(21)18(13)27/h3-6,15,23-24,27H,1-2H3,(H,22,28)(H,29,30)/t15-/m0/s1. The van der Waals surface area contributed by atoms with Gasteiger partial charge < -0.3 is 25.7 Å². The average Bonchev–Trinajstić information content (AvgIpc) is 2.66. The van der Waals surface area contributed by atoms with E-state index in [4.69, 9.17) is 11.6 Å². The van der Waals surface area contributed by atoms with Gasteiger partial charge in [-0.05, 0) is 24.1 Å². The highest BCUT2D eigenvalue weighted by molar-refractivity contribution is 6.37. The normalized spacial score (nSPS) is 13.6. The smallest absolute Gasteiger partial charge is 0.326 e. The molecule has 1 aliphatic rings. The molecule has 0 saturated heterocycles. The molecule has 0 heterocycles. The minimum atomic E-state index is -1.26. The summed E-state index contributed by atoms with van der Waals surface area (Å²) in [4.78, 5) is 49.5. The third-order valence-corrected chi connectivity index (χ3v) is 5.14. The lowest BCUT2D eigenvalue weighted by atomic mass is 9.82. The van der Waals surface area contributed by atoms with Crippen LogP contribution in [0.3, 0.4) is 0 Å². The molecular weight excluding hydrogens is 418 g/mol. The van der Waals surface area contributed by atoms with Crippen molar-refractivity contribution >= 4 is 35.0 Å². The minimum Gasteiger partial charge on any atom is -0.507 e. The molecule has 1 aliphatic carbocycles. The summed E-state index contributed by atoms with van der Waals surface area (Å²) in [6.07, 6.45) is 0. The molecule has 2 aromatic carbocycles. The Morgan fingerprint density at radius 2 is 1.53 bits per heavy atom. The predicted molar refractivity (Wildman–Crippen MR) is 103 cm³/mol. The van der Waals surface area contributed by atoms with Gasteiger partial charge in [0, 0.05) is 16.7 Å². The second-order valence-corrected chi connectivity index (χ2v) is 7.47. The maximum Gasteiger partial charge on any atom is 0.326 e. The largest absolute Gasteiger partial charge is 0.507 e. The molecule has 0 aromatic heterocycles. The van der Waals surface area contributed by atoms with Crippen molar-refractivity contribution in [1.82, 2.24) is 5.32 Å². The zero-order valence-corrected chi connectivity index (χ0v) is 16.4. The van der Waals surface area contributed by atoms with Crippen LogP contribution >= 0.6 is 11.6 Å². The number of ketones is 2. The molecule has 0 radical (unpaired) electrons. The summed E-state index contributed by atoms with van der Waals surface area (Å²) in [6, 6.07) is 1.65. The molecule has 0 fully saturated rings. The third-order valence-electron chi connectivity index (χ3n) is 4.76. The summed E-state index contributed by atoms with van der Waals surface area (Å²) >= 11 is 5.73. The van der Waals surface area contributed by atoms with Crippen LogP contribution in [0.2, 0.25) is 5.02 Å². The number of benzene rings is 2. The number of rotatable bonds is 4. The number of aromatic hydroxyl groups is 3. The molecule has 3 rings (SSSR count). The number of aliphatic carboxylic acids is 1. The number of carbonyl (C=O) groups is 4. The molecule has 0 unspecified atom stereocenters. The maximum absolute atomic E-state index is 12.9. The van der Waals surface area contributed by atoms with Crippen molar-refractivity contribution in [3.63, 3.8) is 0 Å². The Morgan fingerprint density at radius 1 is 0.933 bits per heavy atom. The van der Waals surface area contributed by atoms with Crippen LogP contribution in [-0.4, -0.2) is 49.9 Å². The quantitative estimate of drug-likeness (QED) is 0.417. The highest BCUT2D eigenvalue weighted by Crippen LogP contribution is 2.43. The Balaban J connectivity index is 2.11. The Hall–Kier alpha value is -3.59. The Kier molecular flexibility index (Phi) is 5.17. The second-order valence-electron chi connectivity index (χ2n) is 7.09. The molecule has 5 N–H and O–H groups in total. The van der Waals surface area contributed by atoms with Gasteiger partial charge in [0.25, 0.3) is 5.91 Å². The molecule has 0 aliphatic heterocycles. The molecule has 1 amide bonds. The molecule has 30 heavy (non-hydrogen) atoms. The van der Waals surface area contributed by atoms with Gasteiger partial charge in [-0.15, -0.1) is 0 Å². The molecule has 0 bridgehead atoms. The first kappa shape index (κ1) is 21.1. The molecule has 156 valence electrons. The first-order valence-corrected chi connectivity index (χ1v) is 9.08. The Labute approximate surface area is 174 Å². The highest BCUT2D eigenvalue weighted by atomic mass is 35.5. The van der Waals surface area contributed by atoms with Gasteiger partial charge >= 0.3 is 5.97 Å². The molecule has 9 nitrogen and oxygen atoms in total. The molecular formula is C20H16ClNO8. The fourth-order valence-corrected chi connectivity index (χ4v) is 3.37. The van der Waals surface area contributed by atoms with E-state index in [1.165, 1.54) is 0 Å². The third kappa shape index (κ3) is 3.22. The van der Waals surface area contributed by atoms with Gasteiger partial charge in [0.05, 0.1) is 11.1 Å². The number of phenolic OH excluding ortho intramolecular Hbond substituents is 3. The van der Waals surface area contributed by atoms with Crippen molar-refractivity contribution in [2.75, 3.05) is 0 Å². The van der Waals surface area contributed by atoms with E-state index in [9.17, 15) is 39.6 Å². The lowest BCUT2D eigenvalue weighted by Crippen LogP contribution is -2.44. The van der Waals surface area contributed by atoms with Crippen LogP contribution in [0.15, 0.2) is 18.2 Å². The summed E-state index contributed by atoms with van der Waals surface area (Å²) in [6.45, 7) is 3.18. The van der Waals surface area contributed by atoms with E-state index >= 15 is 0 Å². The Morgan fingerprint density at radius 3 is 2.10 bits per heavy atom. The van der Waals surface area contributed by atoms with Crippen LogP contribution in [-0.2, 0) is 4.79 Å². The van der Waals surface area contributed by atoms with Gasteiger partial charge in [-0.25, -0.2) is 4.79 Å². The van der Waals surface area contributed by atoms with Crippen molar-refractivity contribution < 1.29 is 39.6 Å². The molecule has 1 atom stereocenters. The van der Waals surface area contributed by atoms with E-state index in [0.717, 1.165) is 18.2 Å². The number of fused-ring (bicyclic) bond motifs is 2. The van der Waals surface area contributed by atoms with Gasteiger partial charge in [0.1, 0.15) is 28.3 Å². The van der Waals surface area contributed by atoms with Gasteiger partial charge in [0.15, 0.2) is 5.78 Å². The average molecular weight is 434 g/mol. The molecule has 10 heteroatoms. The summed E-state index contributed by atoms with van der Waals surface area (Å²) < 4.78 is 0. The van der Waals surface area contributed by atoms with E-state index in [-0.39, 0.29) is 16.7 Å². The minimum absolute atomic E-state index is 0.245. The van der Waals surface area contributed by atoms with Gasteiger partial charge in [-0.2, -0.15) is 0 Å². The predicted octanol–water partition coefficient (Wildman–Crippen LogP) is 2.07. The molecule has 0 saturated carbocycles. The number of hydrogen-bond acceptors (Lipinski definition) is 7. The molecule has 0 spiro atoms. The SMILES string of the molecule is CC(C)[C@H](NC(=O)c1cc(O)c2c(c1)C(=O)c1cc(O)c(Cl)c(O)c1C2=O)C(=O)O. The number of nitrogens with one attached hydrogen (secondary N) is 1. The van der Waals surface area contributed by atoms with E-state index in [2.05, 4.69) is 5.32 Å². The van der Waals surface area contributed by atoms with Crippen LogP contribution in [0, 0.1) is 5.92 Å². The van der Waals surface area contributed by atoms with Crippen molar-refractivity contribution in [1.29, 1.82) is 0 Å². The van der Waals surface area contributed by atoms with Crippen LogP contribution in [0.5, 0.6) is 17.2 Å². The second kappa shape index (κ2) is 7.34. The van der Waals surface area contributed by atoms with Crippen molar-refractivity contribution in [3.05, 3.63) is 51.0 Å². The van der Waals surface area contributed by atoms with Gasteiger partial charge in [-0.3, -0.25) is 14.4 Å². The topological polar surface area (TPSA) is 161 Å². The lowest BCUT2D eigenvalue weighted by Gasteiger charge is -2.22. The number of carbonyl (C=O) groups excluding carboxylic acids is 3. The summed E-state index contributed by atoms with van der Waals surface area (Å²) in [5.41, 5.74) is -1.86. The van der Waals surface area contributed by atoms with E-state index in [1.807, 2.05) is 0 Å². The van der Waals surface area contributed by atoms with E-state index in [0.29, 0.717) is 0 Å². The highest BCUT2D eigenvalue weighted by Gasteiger charge is 2.37. The first-order chi connectivity index (χ1) is 14.0. The van der Waals surface area contributed by atoms with Crippen molar-refractivity contribution in [2.24, 2.45) is 5.92 Å². The summed E-state index contributed by atoms with van der Waals surface area (Å²) in [5.74, 6) is -6.48. The fourth-order valence-electron chi connectivity index (χ4n) is 3.22.